The molecule has 0 radical (unpaired) electrons. The number of hydrogen-bond acceptors (Lipinski definition) is 3. The fraction of sp³-hybridized carbons (Fsp3) is 0.882. The van der Waals surface area contributed by atoms with E-state index in [2.05, 4.69) is 20.8 Å². The molecular weight excluding hydrogens is 280 g/mol. The minimum atomic E-state index is -0.775. The van der Waals surface area contributed by atoms with E-state index in [1.165, 1.54) is 0 Å². The predicted octanol–water partition coefficient (Wildman–Crippen LogP) is 2.46. The number of likely N-dealkylation sites (N-methyl/N-ethyl adjacent to an activating group) is 1. The summed E-state index contributed by atoms with van der Waals surface area (Å²) < 4.78 is 0. The number of rotatable bonds is 8. The van der Waals surface area contributed by atoms with Gasteiger partial charge in [0.1, 0.15) is 0 Å². The van der Waals surface area contributed by atoms with Crippen molar-refractivity contribution in [1.82, 2.24) is 9.80 Å². The molecule has 1 heterocycles. The molecule has 0 aromatic carbocycles. The van der Waals surface area contributed by atoms with Gasteiger partial charge < -0.3 is 10.0 Å². The van der Waals surface area contributed by atoms with E-state index in [9.17, 15) is 9.59 Å². The minimum absolute atomic E-state index is 0.0976. The van der Waals surface area contributed by atoms with Crippen LogP contribution in [-0.4, -0.2) is 59.0 Å². The van der Waals surface area contributed by atoms with Gasteiger partial charge in [-0.1, -0.05) is 34.1 Å². The third-order valence-corrected chi connectivity index (χ3v) is 4.98. The highest BCUT2D eigenvalue weighted by atomic mass is 16.4. The highest BCUT2D eigenvalue weighted by molar-refractivity contribution is 5.76. The molecule has 1 fully saturated rings. The smallest absolute Gasteiger partial charge is 0.317 e. The molecule has 0 spiro atoms. The molecule has 0 bridgehead atoms. The van der Waals surface area contributed by atoms with Crippen molar-refractivity contribution in [2.75, 3.05) is 26.2 Å². The second-order valence-corrected chi connectivity index (χ2v) is 6.69. The van der Waals surface area contributed by atoms with E-state index in [1.54, 1.807) is 0 Å². The van der Waals surface area contributed by atoms with Gasteiger partial charge in [0.05, 0.1) is 6.54 Å². The summed E-state index contributed by atoms with van der Waals surface area (Å²) in [7, 11) is 0. The van der Waals surface area contributed by atoms with Gasteiger partial charge in [0.2, 0.25) is 5.91 Å². The molecule has 0 aliphatic carbocycles. The maximum atomic E-state index is 12.4. The molecule has 0 saturated carbocycles. The maximum absolute atomic E-state index is 12.4. The molecule has 1 aliphatic heterocycles. The van der Waals surface area contributed by atoms with Crippen LogP contribution in [0.4, 0.5) is 0 Å². The van der Waals surface area contributed by atoms with Crippen molar-refractivity contribution < 1.29 is 14.7 Å². The van der Waals surface area contributed by atoms with Crippen molar-refractivity contribution in [3.8, 4) is 0 Å². The van der Waals surface area contributed by atoms with Crippen molar-refractivity contribution >= 4 is 11.9 Å². The first-order valence-corrected chi connectivity index (χ1v) is 8.62. The van der Waals surface area contributed by atoms with Crippen LogP contribution in [0.15, 0.2) is 0 Å². The van der Waals surface area contributed by atoms with E-state index in [0.717, 1.165) is 38.9 Å². The van der Waals surface area contributed by atoms with E-state index in [1.807, 2.05) is 16.7 Å². The number of carboxylic acids is 1. The molecule has 1 atom stereocenters. The molecule has 1 amide bonds. The molecule has 5 heteroatoms. The van der Waals surface area contributed by atoms with Crippen LogP contribution in [0.5, 0.6) is 0 Å². The predicted molar refractivity (Wildman–Crippen MR) is 87.7 cm³/mol. The first-order valence-electron chi connectivity index (χ1n) is 8.62. The van der Waals surface area contributed by atoms with Crippen molar-refractivity contribution in [3.05, 3.63) is 0 Å². The van der Waals surface area contributed by atoms with E-state index >= 15 is 0 Å². The van der Waals surface area contributed by atoms with Crippen molar-refractivity contribution in [2.24, 2.45) is 11.8 Å². The summed E-state index contributed by atoms with van der Waals surface area (Å²) in [5.74, 6) is 0.491. The van der Waals surface area contributed by atoms with Gasteiger partial charge in [-0.15, -0.1) is 0 Å². The van der Waals surface area contributed by atoms with Crippen LogP contribution >= 0.6 is 0 Å². The lowest BCUT2D eigenvalue weighted by atomic mass is 9.89. The van der Waals surface area contributed by atoms with Gasteiger partial charge in [-0.2, -0.15) is 0 Å². The molecule has 0 aromatic heterocycles. The number of carboxylic acid groups (broad SMARTS) is 1. The Kier molecular flexibility index (Phi) is 7.87. The lowest BCUT2D eigenvalue weighted by molar-refractivity contribution is -0.140. The zero-order valence-corrected chi connectivity index (χ0v) is 14.5. The number of amides is 1. The quantitative estimate of drug-likeness (QED) is 0.748. The van der Waals surface area contributed by atoms with Crippen molar-refractivity contribution in [1.29, 1.82) is 0 Å². The Balaban J connectivity index is 2.47. The zero-order valence-electron chi connectivity index (χ0n) is 14.5. The van der Waals surface area contributed by atoms with Gasteiger partial charge >= 0.3 is 5.97 Å². The number of carbonyl (C=O) groups is 2. The van der Waals surface area contributed by atoms with E-state index in [4.69, 9.17) is 5.11 Å². The molecule has 1 N–H and O–H groups in total. The average Bonchev–Trinajstić information content (AvgIpc) is 2.49. The van der Waals surface area contributed by atoms with E-state index in [0.29, 0.717) is 18.3 Å². The topological polar surface area (TPSA) is 60.9 Å². The highest BCUT2D eigenvalue weighted by Crippen LogP contribution is 2.22. The summed E-state index contributed by atoms with van der Waals surface area (Å²) in [6.45, 7) is 10.9. The van der Waals surface area contributed by atoms with Gasteiger partial charge in [-0.3, -0.25) is 14.5 Å². The van der Waals surface area contributed by atoms with Crippen LogP contribution in [0, 0.1) is 11.8 Å². The molecule has 5 nitrogen and oxygen atoms in total. The second kappa shape index (κ2) is 9.13. The Bertz CT molecular complexity index is 363. The lowest BCUT2D eigenvalue weighted by Gasteiger charge is -2.38. The van der Waals surface area contributed by atoms with Gasteiger partial charge in [0.15, 0.2) is 0 Å². The van der Waals surface area contributed by atoms with Gasteiger partial charge in [0, 0.05) is 25.6 Å². The molecule has 22 heavy (non-hydrogen) atoms. The third-order valence-electron chi connectivity index (χ3n) is 4.98. The Labute approximate surface area is 134 Å². The summed E-state index contributed by atoms with van der Waals surface area (Å²) >= 11 is 0. The molecule has 0 aromatic rings. The summed E-state index contributed by atoms with van der Waals surface area (Å²) in [4.78, 5) is 27.3. The number of nitrogens with zero attached hydrogens (tertiary/aromatic N) is 2. The summed E-state index contributed by atoms with van der Waals surface area (Å²) in [6, 6.07) is 0.289. The minimum Gasteiger partial charge on any atom is -0.480 e. The number of carbonyl (C=O) groups excluding carboxylic acids is 1. The SMILES string of the molecule is CCC(CC(=O)N1CCC(N(CC)CC(=O)O)CC1)C(C)C. The number of aliphatic carboxylic acids is 1. The molecular formula is C17H32N2O3. The number of likely N-dealkylation sites (tertiary alicyclic amines) is 1. The maximum Gasteiger partial charge on any atom is 0.317 e. The Morgan fingerprint density at radius 1 is 1.23 bits per heavy atom. The Morgan fingerprint density at radius 3 is 2.23 bits per heavy atom. The first kappa shape index (κ1) is 18.9. The number of piperidine rings is 1. The normalized spacial score (nSPS) is 18.0. The molecule has 128 valence electrons. The largest absolute Gasteiger partial charge is 0.480 e. The van der Waals surface area contributed by atoms with Crippen molar-refractivity contribution in [3.63, 3.8) is 0 Å². The van der Waals surface area contributed by atoms with Gasteiger partial charge in [-0.25, -0.2) is 0 Å². The van der Waals surface area contributed by atoms with Crippen LogP contribution in [0.2, 0.25) is 0 Å². The molecule has 1 unspecified atom stereocenters. The summed E-state index contributed by atoms with van der Waals surface area (Å²) in [6.07, 6.45) is 3.45. The van der Waals surface area contributed by atoms with Crippen LogP contribution in [-0.2, 0) is 9.59 Å². The Hall–Kier alpha value is -1.10. The van der Waals surface area contributed by atoms with Crippen LogP contribution < -0.4 is 0 Å². The molecule has 1 saturated heterocycles. The second-order valence-electron chi connectivity index (χ2n) is 6.69. The summed E-state index contributed by atoms with van der Waals surface area (Å²) in [5.41, 5.74) is 0. The Morgan fingerprint density at radius 2 is 1.82 bits per heavy atom. The van der Waals surface area contributed by atoms with Crippen LogP contribution in [0.25, 0.3) is 0 Å². The van der Waals surface area contributed by atoms with Crippen LogP contribution in [0.3, 0.4) is 0 Å². The molecule has 1 aliphatic rings. The third kappa shape index (κ3) is 5.59. The standard InChI is InChI=1S/C17H32N2O3/c1-5-14(13(3)4)11-16(20)19-9-7-15(8-10-19)18(6-2)12-17(21)22/h13-15H,5-12H2,1-4H3,(H,21,22). The lowest BCUT2D eigenvalue weighted by Crippen LogP contribution is -2.48. The van der Waals surface area contributed by atoms with Crippen molar-refractivity contribution in [2.45, 2.75) is 59.4 Å². The van der Waals surface area contributed by atoms with Crippen LogP contribution in [0.1, 0.15) is 53.4 Å². The summed E-state index contributed by atoms with van der Waals surface area (Å²) in [5, 5.41) is 8.96. The highest BCUT2D eigenvalue weighted by Gasteiger charge is 2.28. The van der Waals surface area contributed by atoms with E-state index < -0.39 is 5.97 Å². The van der Waals surface area contributed by atoms with Gasteiger partial charge in [0.25, 0.3) is 0 Å². The fourth-order valence-electron chi connectivity index (χ4n) is 3.36. The first-order chi connectivity index (χ1) is 10.4. The fourth-order valence-corrected chi connectivity index (χ4v) is 3.36. The molecule has 1 rings (SSSR count). The number of hydrogen-bond donors (Lipinski definition) is 1. The van der Waals surface area contributed by atoms with Gasteiger partial charge in [-0.05, 0) is 31.2 Å². The van der Waals surface area contributed by atoms with E-state index in [-0.39, 0.29) is 18.5 Å². The monoisotopic (exact) mass is 312 g/mol. The average molecular weight is 312 g/mol. The zero-order chi connectivity index (χ0) is 16.7.